The lowest BCUT2D eigenvalue weighted by Gasteiger charge is -2.43. The minimum absolute atomic E-state index is 0.146. The molecule has 1 saturated heterocycles. The topological polar surface area (TPSA) is 35.6 Å². The fourth-order valence-corrected chi connectivity index (χ4v) is 3.69. The molecule has 0 aromatic heterocycles. The van der Waals surface area contributed by atoms with E-state index in [-0.39, 0.29) is 5.91 Å². The number of benzene rings is 2. The third kappa shape index (κ3) is 4.37. The lowest BCUT2D eigenvalue weighted by molar-refractivity contribution is -0.135. The second kappa shape index (κ2) is 8.11. The number of carbonyl (C=O) groups excluding carboxylic acids is 1. The number of para-hydroxylation sites is 1. The van der Waals surface area contributed by atoms with Crippen LogP contribution in [0.1, 0.15) is 18.4 Å². The molecule has 0 atom stereocenters. The van der Waals surface area contributed by atoms with Crippen LogP contribution in [0.4, 0.5) is 5.69 Å². The number of likely N-dealkylation sites (N-methyl/N-ethyl adjacent to an activating group) is 1. The summed E-state index contributed by atoms with van der Waals surface area (Å²) in [6.45, 7) is 2.64. The maximum atomic E-state index is 13.0. The smallest absolute Gasteiger partial charge is 0.247 e. The number of carbonyl (C=O) groups is 1. The molecule has 0 spiro atoms. The molecule has 3 rings (SSSR count). The minimum atomic E-state index is -0.540. The Kier molecular flexibility index (Phi) is 5.84. The first-order chi connectivity index (χ1) is 12.5. The van der Waals surface area contributed by atoms with Crippen molar-refractivity contribution in [2.75, 3.05) is 32.5 Å². The Morgan fingerprint density at radius 1 is 1.08 bits per heavy atom. The molecular weight excluding hydrogens is 346 g/mol. The van der Waals surface area contributed by atoms with Gasteiger partial charge in [-0.15, -0.1) is 0 Å². The van der Waals surface area contributed by atoms with Crippen LogP contribution in [0, 0.1) is 0 Å². The zero-order valence-corrected chi connectivity index (χ0v) is 16.2. The van der Waals surface area contributed by atoms with E-state index in [4.69, 9.17) is 11.6 Å². The maximum absolute atomic E-state index is 13.0. The highest BCUT2D eigenvalue weighted by atomic mass is 35.5. The first-order valence-corrected chi connectivity index (χ1v) is 9.38. The van der Waals surface area contributed by atoms with Crippen LogP contribution in [0.15, 0.2) is 54.6 Å². The van der Waals surface area contributed by atoms with Crippen molar-refractivity contribution >= 4 is 23.2 Å². The summed E-state index contributed by atoms with van der Waals surface area (Å²) in [5.74, 6) is 0.146. The molecule has 1 amide bonds. The van der Waals surface area contributed by atoms with E-state index in [1.54, 1.807) is 4.90 Å². The number of anilines is 1. The van der Waals surface area contributed by atoms with Gasteiger partial charge in [0.15, 0.2) is 0 Å². The average molecular weight is 372 g/mol. The molecule has 4 nitrogen and oxygen atoms in total. The van der Waals surface area contributed by atoms with Crippen LogP contribution in [0.25, 0.3) is 0 Å². The molecule has 0 aliphatic carbocycles. The van der Waals surface area contributed by atoms with Gasteiger partial charge in [-0.2, -0.15) is 0 Å². The normalized spacial score (nSPS) is 16.9. The molecule has 5 heteroatoms. The van der Waals surface area contributed by atoms with Crippen LogP contribution in [0.2, 0.25) is 5.02 Å². The van der Waals surface area contributed by atoms with Crippen molar-refractivity contribution < 1.29 is 4.79 Å². The number of hydrogen-bond donors (Lipinski definition) is 1. The molecule has 1 aliphatic heterocycles. The zero-order valence-electron chi connectivity index (χ0n) is 15.4. The molecule has 1 aliphatic rings. The number of piperidine rings is 1. The number of nitrogens with one attached hydrogen (secondary N) is 1. The van der Waals surface area contributed by atoms with Gasteiger partial charge in [-0.05, 0) is 42.7 Å². The maximum Gasteiger partial charge on any atom is 0.247 e. The van der Waals surface area contributed by atoms with Gasteiger partial charge in [0.05, 0.1) is 0 Å². The Bertz CT molecular complexity index is 723. The van der Waals surface area contributed by atoms with Gasteiger partial charge in [0.2, 0.25) is 5.91 Å². The predicted octanol–water partition coefficient (Wildman–Crippen LogP) is 3.87. The lowest BCUT2D eigenvalue weighted by Crippen LogP contribution is -2.57. The molecular formula is C21H26ClN3O. The van der Waals surface area contributed by atoms with Crippen molar-refractivity contribution in [3.05, 3.63) is 65.2 Å². The zero-order chi connectivity index (χ0) is 18.6. The van der Waals surface area contributed by atoms with E-state index in [0.717, 1.165) is 43.2 Å². The molecule has 2 aromatic rings. The SMILES string of the molecule is CN(C)C(=O)C1(Nc2ccccc2)CCN(Cc2ccc(Cl)cc2)CC1. The summed E-state index contributed by atoms with van der Waals surface area (Å²) >= 11 is 5.97. The van der Waals surface area contributed by atoms with E-state index < -0.39 is 5.54 Å². The molecule has 26 heavy (non-hydrogen) atoms. The van der Waals surface area contributed by atoms with E-state index in [1.165, 1.54) is 5.56 Å². The molecule has 0 bridgehead atoms. The molecule has 1 fully saturated rings. The average Bonchev–Trinajstić information content (AvgIpc) is 2.65. The highest BCUT2D eigenvalue weighted by Gasteiger charge is 2.42. The molecule has 1 N–H and O–H groups in total. The highest BCUT2D eigenvalue weighted by molar-refractivity contribution is 6.30. The quantitative estimate of drug-likeness (QED) is 0.866. The van der Waals surface area contributed by atoms with Crippen LogP contribution in [-0.2, 0) is 11.3 Å². The van der Waals surface area contributed by atoms with Crippen molar-refractivity contribution in [2.24, 2.45) is 0 Å². The van der Waals surface area contributed by atoms with Crippen LogP contribution in [-0.4, -0.2) is 48.4 Å². The Morgan fingerprint density at radius 2 is 1.69 bits per heavy atom. The van der Waals surface area contributed by atoms with Crippen molar-refractivity contribution in [3.8, 4) is 0 Å². The first-order valence-electron chi connectivity index (χ1n) is 9.00. The summed E-state index contributed by atoms with van der Waals surface area (Å²) in [4.78, 5) is 17.1. The number of nitrogens with zero attached hydrogens (tertiary/aromatic N) is 2. The van der Waals surface area contributed by atoms with Crippen molar-refractivity contribution in [3.63, 3.8) is 0 Å². The van der Waals surface area contributed by atoms with E-state index in [2.05, 4.69) is 22.3 Å². The third-order valence-electron chi connectivity index (χ3n) is 5.00. The summed E-state index contributed by atoms with van der Waals surface area (Å²) in [6.07, 6.45) is 1.57. The summed E-state index contributed by atoms with van der Waals surface area (Å²) < 4.78 is 0. The largest absolute Gasteiger partial charge is 0.371 e. The van der Waals surface area contributed by atoms with Gasteiger partial charge >= 0.3 is 0 Å². The van der Waals surface area contributed by atoms with Gasteiger partial charge in [0.1, 0.15) is 5.54 Å². The molecule has 138 valence electrons. The fourth-order valence-electron chi connectivity index (χ4n) is 3.56. The van der Waals surface area contributed by atoms with Crippen molar-refractivity contribution in [1.29, 1.82) is 0 Å². The molecule has 2 aromatic carbocycles. The summed E-state index contributed by atoms with van der Waals surface area (Å²) in [5.41, 5.74) is 1.70. The summed E-state index contributed by atoms with van der Waals surface area (Å²) in [6, 6.07) is 18.0. The highest BCUT2D eigenvalue weighted by Crippen LogP contribution is 2.29. The predicted molar refractivity (Wildman–Crippen MR) is 107 cm³/mol. The van der Waals surface area contributed by atoms with E-state index in [1.807, 2.05) is 56.6 Å². The number of halogens is 1. The van der Waals surface area contributed by atoms with Gasteiger partial charge in [-0.1, -0.05) is 41.9 Å². The third-order valence-corrected chi connectivity index (χ3v) is 5.25. The van der Waals surface area contributed by atoms with E-state index in [9.17, 15) is 4.79 Å². The second-order valence-electron chi connectivity index (χ2n) is 7.18. The second-order valence-corrected chi connectivity index (χ2v) is 7.61. The number of rotatable bonds is 5. The monoisotopic (exact) mass is 371 g/mol. The van der Waals surface area contributed by atoms with Gasteiger partial charge in [-0.3, -0.25) is 9.69 Å². The first kappa shape index (κ1) is 18.7. The summed E-state index contributed by atoms with van der Waals surface area (Å²) in [7, 11) is 3.66. The van der Waals surface area contributed by atoms with Gasteiger partial charge in [0.25, 0.3) is 0 Å². The van der Waals surface area contributed by atoms with Crippen LogP contribution in [0.5, 0.6) is 0 Å². The number of hydrogen-bond acceptors (Lipinski definition) is 3. The van der Waals surface area contributed by atoms with E-state index >= 15 is 0 Å². The Labute approximate surface area is 160 Å². The standard InChI is InChI=1S/C21H26ClN3O/c1-24(2)20(26)21(23-19-6-4-3-5-7-19)12-14-25(15-13-21)16-17-8-10-18(22)11-9-17/h3-11,23H,12-16H2,1-2H3. The lowest BCUT2D eigenvalue weighted by atomic mass is 9.85. The van der Waals surface area contributed by atoms with Crippen LogP contribution in [0.3, 0.4) is 0 Å². The molecule has 0 radical (unpaired) electrons. The minimum Gasteiger partial charge on any atom is -0.371 e. The summed E-state index contributed by atoms with van der Waals surface area (Å²) in [5, 5.41) is 4.29. The van der Waals surface area contributed by atoms with Crippen molar-refractivity contribution in [2.45, 2.75) is 24.9 Å². The molecule has 0 unspecified atom stereocenters. The molecule has 1 heterocycles. The Balaban J connectivity index is 1.70. The fraction of sp³-hybridized carbons (Fsp3) is 0.381. The van der Waals surface area contributed by atoms with Crippen LogP contribution < -0.4 is 5.32 Å². The van der Waals surface area contributed by atoms with E-state index in [0.29, 0.717) is 0 Å². The Morgan fingerprint density at radius 3 is 2.27 bits per heavy atom. The number of likely N-dealkylation sites (tertiary alicyclic amines) is 1. The number of amides is 1. The Hall–Kier alpha value is -2.04. The van der Waals surface area contributed by atoms with Crippen LogP contribution >= 0.6 is 11.6 Å². The molecule has 0 saturated carbocycles. The van der Waals surface area contributed by atoms with Gasteiger partial charge in [-0.25, -0.2) is 0 Å². The van der Waals surface area contributed by atoms with Crippen molar-refractivity contribution in [1.82, 2.24) is 9.80 Å². The van der Waals surface area contributed by atoms with Gasteiger partial charge in [0, 0.05) is 44.4 Å². The van der Waals surface area contributed by atoms with Gasteiger partial charge < -0.3 is 10.2 Å².